The minimum Gasteiger partial charge on any atom is -0.491 e. The summed E-state index contributed by atoms with van der Waals surface area (Å²) in [7, 11) is 0. The molecule has 2 amide bonds. The molecule has 4 rings (SSSR count). The molecular weight excluding hydrogens is 357 g/mol. The van der Waals surface area contributed by atoms with Gasteiger partial charge in [0.2, 0.25) is 0 Å². The van der Waals surface area contributed by atoms with Crippen LogP contribution in [0.4, 0.5) is 14.9 Å². The third kappa shape index (κ3) is 3.58. The Balaban J connectivity index is 1.43. The van der Waals surface area contributed by atoms with E-state index in [1.54, 1.807) is 17.9 Å². The molecule has 6 heteroatoms. The van der Waals surface area contributed by atoms with Crippen LogP contribution in [0.25, 0.3) is 16.5 Å². The van der Waals surface area contributed by atoms with Gasteiger partial charge in [0.25, 0.3) is 0 Å². The predicted octanol–water partition coefficient (Wildman–Crippen LogP) is 5.03. The molecule has 0 saturated carbocycles. The van der Waals surface area contributed by atoms with Crippen LogP contribution in [0.3, 0.4) is 0 Å². The van der Waals surface area contributed by atoms with E-state index in [9.17, 15) is 9.18 Å². The number of rotatable bonds is 4. The molecule has 2 N–H and O–H groups in total. The van der Waals surface area contributed by atoms with Crippen LogP contribution < -0.4 is 10.1 Å². The highest BCUT2D eigenvalue weighted by molar-refractivity contribution is 5.94. The van der Waals surface area contributed by atoms with Gasteiger partial charge in [-0.2, -0.15) is 0 Å². The Morgan fingerprint density at radius 2 is 2.14 bits per heavy atom. The Morgan fingerprint density at radius 3 is 2.89 bits per heavy atom. The molecule has 0 bridgehead atoms. The first-order chi connectivity index (χ1) is 13.7. The van der Waals surface area contributed by atoms with Crippen LogP contribution in [0.2, 0.25) is 0 Å². The highest BCUT2D eigenvalue weighted by Crippen LogP contribution is 2.29. The lowest BCUT2D eigenvalue weighted by molar-refractivity contribution is 0.217. The highest BCUT2D eigenvalue weighted by atomic mass is 19.1. The molecule has 1 aliphatic rings. The summed E-state index contributed by atoms with van der Waals surface area (Å²) in [5, 5.41) is 3.95. The topological polar surface area (TPSA) is 57.4 Å². The van der Waals surface area contributed by atoms with Gasteiger partial charge in [0.1, 0.15) is 0 Å². The maximum Gasteiger partial charge on any atom is 0.322 e. The molecular formula is C22H22FN3O2. The first-order valence-electron chi connectivity index (χ1n) is 9.39. The quantitative estimate of drug-likeness (QED) is 0.668. The lowest BCUT2D eigenvalue weighted by Gasteiger charge is -2.26. The SMILES string of the molecule is CCOc1ccc(NC(=O)N2CC=C(c3c[nH]c4ccccc34)CC2)cc1F. The molecule has 0 radical (unpaired) electrons. The van der Waals surface area contributed by atoms with Crippen molar-refractivity contribution >= 4 is 28.2 Å². The van der Waals surface area contributed by atoms with Crippen molar-refractivity contribution in [3.63, 3.8) is 0 Å². The van der Waals surface area contributed by atoms with E-state index >= 15 is 0 Å². The van der Waals surface area contributed by atoms with Gasteiger partial charge in [-0.05, 0) is 37.1 Å². The number of H-pyrrole nitrogens is 1. The standard InChI is InChI=1S/C22H22FN3O2/c1-2-28-21-8-7-16(13-19(21)23)25-22(27)26-11-9-15(10-12-26)18-14-24-20-6-4-3-5-17(18)20/h3-9,13-14,24H,2,10-12H2,1H3,(H,25,27). The van der Waals surface area contributed by atoms with Crippen molar-refractivity contribution in [2.75, 3.05) is 25.0 Å². The van der Waals surface area contributed by atoms with E-state index < -0.39 is 5.82 Å². The number of carbonyl (C=O) groups excluding carboxylic acids is 1. The van der Waals surface area contributed by atoms with Gasteiger partial charge in [-0.3, -0.25) is 0 Å². The Labute approximate surface area is 162 Å². The second kappa shape index (κ2) is 7.76. The average molecular weight is 379 g/mol. The Morgan fingerprint density at radius 1 is 1.29 bits per heavy atom. The van der Waals surface area contributed by atoms with Crippen LogP contribution in [0.5, 0.6) is 5.75 Å². The zero-order valence-corrected chi connectivity index (χ0v) is 15.7. The van der Waals surface area contributed by atoms with E-state index in [-0.39, 0.29) is 11.8 Å². The van der Waals surface area contributed by atoms with E-state index in [1.807, 2.05) is 18.3 Å². The lowest BCUT2D eigenvalue weighted by atomic mass is 9.99. The first kappa shape index (κ1) is 18.1. The van der Waals surface area contributed by atoms with E-state index in [4.69, 9.17) is 4.74 Å². The molecule has 28 heavy (non-hydrogen) atoms. The maximum atomic E-state index is 14.0. The molecule has 5 nitrogen and oxygen atoms in total. The molecule has 144 valence electrons. The number of amides is 2. The third-order valence-electron chi connectivity index (χ3n) is 4.91. The van der Waals surface area contributed by atoms with Crippen molar-refractivity contribution in [3.05, 3.63) is 66.1 Å². The number of carbonyl (C=O) groups is 1. The number of hydrogen-bond acceptors (Lipinski definition) is 2. The molecule has 1 aromatic heterocycles. The van der Waals surface area contributed by atoms with Crippen LogP contribution in [0, 0.1) is 5.82 Å². The van der Waals surface area contributed by atoms with Crippen molar-refractivity contribution in [2.24, 2.45) is 0 Å². The third-order valence-corrected chi connectivity index (χ3v) is 4.91. The van der Waals surface area contributed by atoms with Crippen molar-refractivity contribution in [3.8, 4) is 5.75 Å². The summed E-state index contributed by atoms with van der Waals surface area (Å²) in [5.41, 5.74) is 3.94. The fourth-order valence-electron chi connectivity index (χ4n) is 3.49. The largest absolute Gasteiger partial charge is 0.491 e. The summed E-state index contributed by atoms with van der Waals surface area (Å²) >= 11 is 0. The predicted molar refractivity (Wildman–Crippen MR) is 109 cm³/mol. The molecule has 3 aromatic rings. The number of nitrogens with zero attached hydrogens (tertiary/aromatic N) is 1. The summed E-state index contributed by atoms with van der Waals surface area (Å²) in [6.45, 7) is 3.31. The number of halogens is 1. The molecule has 0 atom stereocenters. The molecule has 0 spiro atoms. The van der Waals surface area contributed by atoms with Crippen LogP contribution in [0.15, 0.2) is 54.7 Å². The van der Waals surface area contributed by atoms with E-state index in [1.165, 1.54) is 28.7 Å². The number of fused-ring (bicyclic) bond motifs is 1. The summed E-state index contributed by atoms with van der Waals surface area (Å²) in [6, 6.07) is 12.4. The number of aromatic amines is 1. The fourth-order valence-corrected chi connectivity index (χ4v) is 3.49. The van der Waals surface area contributed by atoms with E-state index in [0.717, 1.165) is 11.9 Å². The number of para-hydroxylation sites is 1. The number of ether oxygens (including phenoxy) is 1. The zero-order chi connectivity index (χ0) is 19.5. The maximum absolute atomic E-state index is 14.0. The molecule has 0 fully saturated rings. The number of nitrogens with one attached hydrogen (secondary N) is 2. The zero-order valence-electron chi connectivity index (χ0n) is 15.7. The second-order valence-corrected chi connectivity index (χ2v) is 6.68. The summed E-state index contributed by atoms with van der Waals surface area (Å²) in [4.78, 5) is 17.5. The number of aromatic nitrogens is 1. The van der Waals surface area contributed by atoms with Gasteiger partial charge in [-0.15, -0.1) is 0 Å². The van der Waals surface area contributed by atoms with Crippen molar-refractivity contribution in [2.45, 2.75) is 13.3 Å². The van der Waals surface area contributed by atoms with Crippen LogP contribution in [-0.4, -0.2) is 35.6 Å². The lowest BCUT2D eigenvalue weighted by Crippen LogP contribution is -2.37. The number of benzene rings is 2. The van der Waals surface area contributed by atoms with Crippen molar-refractivity contribution < 1.29 is 13.9 Å². The minimum atomic E-state index is -0.486. The van der Waals surface area contributed by atoms with Gasteiger partial charge in [-0.1, -0.05) is 24.3 Å². The molecule has 0 unspecified atom stereocenters. The normalized spacial score (nSPS) is 14.1. The number of urea groups is 1. The summed E-state index contributed by atoms with van der Waals surface area (Å²) in [5.74, 6) is -0.301. The molecule has 2 aromatic carbocycles. The highest BCUT2D eigenvalue weighted by Gasteiger charge is 2.19. The van der Waals surface area contributed by atoms with Gasteiger partial charge in [0.15, 0.2) is 11.6 Å². The smallest absolute Gasteiger partial charge is 0.322 e. The Bertz CT molecular complexity index is 1040. The first-order valence-corrected chi connectivity index (χ1v) is 9.39. The minimum absolute atomic E-state index is 0.185. The molecule has 0 saturated heterocycles. The van der Waals surface area contributed by atoms with Crippen LogP contribution in [0.1, 0.15) is 18.9 Å². The molecule has 0 aliphatic carbocycles. The van der Waals surface area contributed by atoms with Crippen LogP contribution >= 0.6 is 0 Å². The van der Waals surface area contributed by atoms with Gasteiger partial charge < -0.3 is 19.9 Å². The average Bonchev–Trinajstić information content (AvgIpc) is 3.14. The van der Waals surface area contributed by atoms with Gasteiger partial charge >= 0.3 is 6.03 Å². The van der Waals surface area contributed by atoms with Gasteiger partial charge in [0.05, 0.1) is 6.61 Å². The molecule has 2 heterocycles. The fraction of sp³-hybridized carbons (Fsp3) is 0.227. The monoisotopic (exact) mass is 379 g/mol. The van der Waals surface area contributed by atoms with Crippen LogP contribution in [-0.2, 0) is 0 Å². The number of hydrogen-bond donors (Lipinski definition) is 2. The van der Waals surface area contributed by atoms with Crippen molar-refractivity contribution in [1.82, 2.24) is 9.88 Å². The number of anilines is 1. The van der Waals surface area contributed by atoms with Crippen molar-refractivity contribution in [1.29, 1.82) is 0 Å². The summed E-state index contributed by atoms with van der Waals surface area (Å²) in [6.07, 6.45) is 4.87. The Kier molecular flexibility index (Phi) is 5.02. The second-order valence-electron chi connectivity index (χ2n) is 6.68. The van der Waals surface area contributed by atoms with E-state index in [2.05, 4.69) is 28.5 Å². The molecule has 1 aliphatic heterocycles. The van der Waals surface area contributed by atoms with Gasteiger partial charge in [0, 0.05) is 47.5 Å². The van der Waals surface area contributed by atoms with E-state index in [0.29, 0.717) is 25.4 Å². The Hall–Kier alpha value is -3.28. The van der Waals surface area contributed by atoms with Gasteiger partial charge in [-0.25, -0.2) is 9.18 Å². The summed E-state index contributed by atoms with van der Waals surface area (Å²) < 4.78 is 19.1.